The summed E-state index contributed by atoms with van der Waals surface area (Å²) in [6, 6.07) is 27.6. The predicted molar refractivity (Wildman–Crippen MR) is 218 cm³/mol. The molecule has 0 atom stereocenters. The lowest BCUT2D eigenvalue weighted by Crippen LogP contribution is -2.32. The molecular weight excluding hydrogens is 597 g/mol. The highest BCUT2D eigenvalue weighted by atomic mass is 15.1. The van der Waals surface area contributed by atoms with Gasteiger partial charge in [-0.1, -0.05) is 92.8 Å². The summed E-state index contributed by atoms with van der Waals surface area (Å²) >= 11 is 0. The number of allylic oxidation sites excluding steroid dienone is 7. The van der Waals surface area contributed by atoms with Gasteiger partial charge in [0.25, 0.3) is 0 Å². The topological polar surface area (TPSA) is 13.0 Å². The summed E-state index contributed by atoms with van der Waals surface area (Å²) in [6.07, 6.45) is 16.1. The molecule has 1 aliphatic carbocycles. The van der Waals surface area contributed by atoms with E-state index in [1.807, 2.05) is 0 Å². The maximum atomic E-state index is 2.48. The molecule has 0 N–H and O–H groups in total. The van der Waals surface area contributed by atoms with Crippen molar-refractivity contribution in [3.05, 3.63) is 138 Å². The van der Waals surface area contributed by atoms with Gasteiger partial charge in [0.2, 0.25) is 0 Å². The van der Waals surface area contributed by atoms with Crippen molar-refractivity contribution in [2.75, 3.05) is 67.1 Å². The summed E-state index contributed by atoms with van der Waals surface area (Å²) in [5.41, 5.74) is 11.1. The van der Waals surface area contributed by atoms with E-state index in [0.717, 1.165) is 52.4 Å². The predicted octanol–water partition coefficient (Wildman–Crippen LogP) is 10.5. The molecule has 0 saturated carbocycles. The zero-order valence-electron chi connectivity index (χ0n) is 31.5. The Kier molecular flexibility index (Phi) is 14.6. The monoisotopic (exact) mass is 656 g/mol. The molecule has 0 bridgehead atoms. The van der Waals surface area contributed by atoms with Gasteiger partial charge in [-0.15, -0.1) is 0 Å². The maximum Gasteiger partial charge on any atom is 0.0467 e. The van der Waals surface area contributed by atoms with E-state index in [1.54, 1.807) is 0 Å². The van der Waals surface area contributed by atoms with Crippen molar-refractivity contribution in [2.24, 2.45) is 0 Å². The van der Waals surface area contributed by atoms with Crippen LogP contribution in [-0.4, -0.2) is 63.3 Å². The summed E-state index contributed by atoms with van der Waals surface area (Å²) in [7, 11) is 0. The zero-order valence-corrected chi connectivity index (χ0v) is 31.5. The highest BCUT2D eigenvalue weighted by Crippen LogP contribution is 2.30. The van der Waals surface area contributed by atoms with Crippen LogP contribution in [0.2, 0.25) is 0 Å². The first-order valence-corrected chi connectivity index (χ1v) is 18.7. The van der Waals surface area contributed by atoms with E-state index < -0.39 is 0 Å². The first kappa shape index (κ1) is 37.5. The van der Waals surface area contributed by atoms with Crippen molar-refractivity contribution in [3.63, 3.8) is 0 Å². The van der Waals surface area contributed by atoms with Gasteiger partial charge >= 0.3 is 0 Å². The Bertz CT molecular complexity index is 1500. The molecule has 0 aliphatic heterocycles. The minimum Gasteiger partial charge on any atom is -0.372 e. The Balaban J connectivity index is 1.79. The van der Waals surface area contributed by atoms with E-state index in [4.69, 9.17) is 0 Å². The number of hydrogen-bond acceptors (Lipinski definition) is 4. The third-order valence-electron chi connectivity index (χ3n) is 9.94. The van der Waals surface area contributed by atoms with Crippen molar-refractivity contribution in [1.82, 2.24) is 4.90 Å². The van der Waals surface area contributed by atoms with Gasteiger partial charge in [-0.05, 0) is 124 Å². The molecule has 260 valence electrons. The van der Waals surface area contributed by atoms with Gasteiger partial charge in [0, 0.05) is 62.4 Å². The lowest BCUT2D eigenvalue weighted by molar-refractivity contribution is 0.287. The number of likely N-dealkylation sites (N-methyl/N-ethyl adjacent to an activating group) is 1. The third-order valence-corrected chi connectivity index (χ3v) is 9.94. The van der Waals surface area contributed by atoms with Gasteiger partial charge in [-0.3, -0.25) is 4.90 Å². The number of nitrogens with zero attached hydrogens (tertiary/aromatic N) is 4. The highest BCUT2D eigenvalue weighted by Gasteiger charge is 2.14. The fraction of sp³-hybridized carbons (Fsp3) is 0.378. The Hall–Kier alpha value is -4.28. The van der Waals surface area contributed by atoms with Crippen molar-refractivity contribution in [3.8, 4) is 0 Å². The largest absolute Gasteiger partial charge is 0.372 e. The average Bonchev–Trinajstić information content (AvgIpc) is 3.15. The fourth-order valence-electron chi connectivity index (χ4n) is 6.87. The smallest absolute Gasteiger partial charge is 0.0467 e. The molecule has 3 aromatic rings. The lowest BCUT2D eigenvalue weighted by Gasteiger charge is -2.26. The second kappa shape index (κ2) is 19.0. The molecule has 3 aromatic carbocycles. The van der Waals surface area contributed by atoms with Crippen LogP contribution in [0, 0.1) is 0 Å². The molecule has 4 rings (SSSR count). The van der Waals surface area contributed by atoms with Crippen LogP contribution < -0.4 is 14.7 Å². The molecule has 0 heterocycles. The summed E-state index contributed by atoms with van der Waals surface area (Å²) in [5.74, 6) is 0. The van der Waals surface area contributed by atoms with Crippen LogP contribution in [0.25, 0.3) is 11.1 Å². The van der Waals surface area contributed by atoms with Gasteiger partial charge in [0.05, 0.1) is 0 Å². The molecule has 1 aliphatic rings. The standard InChI is InChI=1S/C45H60N4/c1-9-46(10-2)40-28-20-36(21-29-40)44(37-22-30-41(31-23-37)47(11-3)12-4)18-17-19-45(38-24-32-42(33-25-38)48(13-5)14-6)39-26-34-43(35-27-39)49(15-7)16-8/h17-35,40H,9-16H2,1-8H3/b18-17-,44-36?. The van der Waals surface area contributed by atoms with E-state index in [0.29, 0.717) is 6.04 Å². The van der Waals surface area contributed by atoms with E-state index in [9.17, 15) is 0 Å². The first-order valence-electron chi connectivity index (χ1n) is 18.7. The van der Waals surface area contributed by atoms with Crippen LogP contribution in [0.4, 0.5) is 17.1 Å². The zero-order chi connectivity index (χ0) is 35.2. The van der Waals surface area contributed by atoms with E-state index in [1.165, 1.54) is 50.5 Å². The molecule has 4 heteroatoms. The van der Waals surface area contributed by atoms with Crippen LogP contribution in [0.15, 0.2) is 121 Å². The molecule has 0 saturated heterocycles. The molecule has 0 spiro atoms. The molecule has 0 fully saturated rings. The van der Waals surface area contributed by atoms with Crippen LogP contribution in [0.1, 0.15) is 72.1 Å². The van der Waals surface area contributed by atoms with Crippen LogP contribution >= 0.6 is 0 Å². The number of benzene rings is 3. The Morgan fingerprint density at radius 3 is 1.20 bits per heavy atom. The van der Waals surface area contributed by atoms with E-state index >= 15 is 0 Å². The van der Waals surface area contributed by atoms with Crippen LogP contribution in [0.3, 0.4) is 0 Å². The van der Waals surface area contributed by atoms with E-state index in [-0.39, 0.29) is 0 Å². The number of hydrogen-bond donors (Lipinski definition) is 0. The molecule has 0 unspecified atom stereocenters. The van der Waals surface area contributed by atoms with Crippen LogP contribution in [-0.2, 0) is 0 Å². The Morgan fingerprint density at radius 1 is 0.490 bits per heavy atom. The van der Waals surface area contributed by atoms with Crippen molar-refractivity contribution >= 4 is 28.2 Å². The number of anilines is 3. The van der Waals surface area contributed by atoms with Gasteiger partial charge in [0.1, 0.15) is 0 Å². The summed E-state index contributed by atoms with van der Waals surface area (Å²) in [4.78, 5) is 9.66. The SMILES string of the molecule is CCN(CC)c1ccc(C(=C/C=C\C(=C2C=CC(N(CC)CC)C=C2)c2ccc(N(CC)CC)cc2)c2ccc(N(CC)CC)cc2)cc1. The Morgan fingerprint density at radius 2 is 0.857 bits per heavy atom. The fourth-order valence-corrected chi connectivity index (χ4v) is 6.87. The van der Waals surface area contributed by atoms with E-state index in [2.05, 4.69) is 190 Å². The van der Waals surface area contributed by atoms with Gasteiger partial charge in [0.15, 0.2) is 0 Å². The molecule has 49 heavy (non-hydrogen) atoms. The highest BCUT2D eigenvalue weighted by molar-refractivity contribution is 5.85. The van der Waals surface area contributed by atoms with Gasteiger partial charge in [-0.25, -0.2) is 0 Å². The molecule has 4 nitrogen and oxygen atoms in total. The van der Waals surface area contributed by atoms with Crippen molar-refractivity contribution in [2.45, 2.75) is 61.4 Å². The first-order chi connectivity index (χ1) is 23.9. The lowest BCUT2D eigenvalue weighted by atomic mass is 9.93. The summed E-state index contributed by atoms with van der Waals surface area (Å²) < 4.78 is 0. The minimum absolute atomic E-state index is 0.333. The number of rotatable bonds is 17. The molecule has 0 amide bonds. The van der Waals surface area contributed by atoms with Crippen molar-refractivity contribution in [1.29, 1.82) is 0 Å². The normalized spacial score (nSPS) is 14.1. The average molecular weight is 657 g/mol. The third kappa shape index (κ3) is 9.45. The molecule has 0 aromatic heterocycles. The van der Waals surface area contributed by atoms with Crippen LogP contribution in [0.5, 0.6) is 0 Å². The van der Waals surface area contributed by atoms with Gasteiger partial charge < -0.3 is 14.7 Å². The summed E-state index contributed by atoms with van der Waals surface area (Å²) in [6.45, 7) is 25.9. The minimum atomic E-state index is 0.333. The van der Waals surface area contributed by atoms with Gasteiger partial charge in [-0.2, -0.15) is 0 Å². The van der Waals surface area contributed by atoms with Crippen molar-refractivity contribution < 1.29 is 0 Å². The second-order valence-corrected chi connectivity index (χ2v) is 12.4. The second-order valence-electron chi connectivity index (χ2n) is 12.4. The molecule has 0 radical (unpaired) electrons. The Labute approximate surface area is 298 Å². The molecular formula is C45H60N4. The maximum absolute atomic E-state index is 2.48. The summed E-state index contributed by atoms with van der Waals surface area (Å²) in [5, 5.41) is 0. The quantitative estimate of drug-likeness (QED) is 0.134.